The fourth-order valence-corrected chi connectivity index (χ4v) is 3.10. The minimum Gasteiger partial charge on any atom is -0.504 e. The second kappa shape index (κ2) is 5.68. The van der Waals surface area contributed by atoms with Gasteiger partial charge in [0, 0.05) is 31.6 Å². The van der Waals surface area contributed by atoms with Crippen LogP contribution in [0.5, 0.6) is 11.5 Å². The van der Waals surface area contributed by atoms with Crippen LogP contribution in [0.25, 0.3) is 16.9 Å². The number of benzene rings is 1. The van der Waals surface area contributed by atoms with Crippen molar-refractivity contribution in [1.29, 1.82) is 0 Å². The summed E-state index contributed by atoms with van der Waals surface area (Å²) in [6.45, 7) is 0.753. The van der Waals surface area contributed by atoms with Gasteiger partial charge in [-0.2, -0.15) is 0 Å². The Balaban J connectivity index is 1.90. The SMILES string of the molecule is CN(c1c(-c2ccc(O)c(O)c2)nc2cnccn12)C1CCCO1. The molecule has 1 atom stereocenters. The molecule has 2 aromatic heterocycles. The van der Waals surface area contributed by atoms with Crippen molar-refractivity contribution < 1.29 is 14.9 Å². The highest BCUT2D eigenvalue weighted by Gasteiger charge is 2.26. The molecule has 0 spiro atoms. The first-order chi connectivity index (χ1) is 11.6. The van der Waals surface area contributed by atoms with Crippen LogP contribution in [-0.2, 0) is 4.74 Å². The lowest BCUT2D eigenvalue weighted by atomic mass is 10.1. The maximum atomic E-state index is 9.84. The summed E-state index contributed by atoms with van der Waals surface area (Å²) in [7, 11) is 1.98. The quantitative estimate of drug-likeness (QED) is 0.719. The van der Waals surface area contributed by atoms with Gasteiger partial charge in [0.25, 0.3) is 0 Å². The second-order valence-electron chi connectivity index (χ2n) is 5.87. The van der Waals surface area contributed by atoms with E-state index in [1.807, 2.05) is 17.6 Å². The van der Waals surface area contributed by atoms with Gasteiger partial charge in [-0.1, -0.05) is 0 Å². The number of nitrogens with zero attached hydrogens (tertiary/aromatic N) is 4. The molecule has 0 radical (unpaired) electrons. The molecule has 0 amide bonds. The van der Waals surface area contributed by atoms with E-state index >= 15 is 0 Å². The molecule has 3 heterocycles. The van der Waals surface area contributed by atoms with E-state index in [1.165, 1.54) is 12.1 Å². The maximum Gasteiger partial charge on any atom is 0.158 e. The van der Waals surface area contributed by atoms with E-state index in [4.69, 9.17) is 4.74 Å². The zero-order valence-electron chi connectivity index (χ0n) is 13.3. The van der Waals surface area contributed by atoms with Gasteiger partial charge in [0.2, 0.25) is 0 Å². The zero-order valence-corrected chi connectivity index (χ0v) is 13.3. The number of ether oxygens (including phenoxy) is 1. The normalized spacial score (nSPS) is 17.5. The number of anilines is 1. The van der Waals surface area contributed by atoms with E-state index in [1.54, 1.807) is 18.5 Å². The molecule has 1 unspecified atom stereocenters. The summed E-state index contributed by atoms with van der Waals surface area (Å²) in [6, 6.07) is 4.71. The van der Waals surface area contributed by atoms with Crippen LogP contribution in [0.2, 0.25) is 0 Å². The number of aromatic hydroxyl groups is 2. The van der Waals surface area contributed by atoms with Gasteiger partial charge in [-0.05, 0) is 31.0 Å². The monoisotopic (exact) mass is 326 g/mol. The Bertz CT molecular complexity index is 887. The number of hydrogen-bond donors (Lipinski definition) is 2. The molecular weight excluding hydrogens is 308 g/mol. The van der Waals surface area contributed by atoms with E-state index in [0.717, 1.165) is 25.3 Å². The first-order valence-electron chi connectivity index (χ1n) is 7.84. The third-order valence-corrected chi connectivity index (χ3v) is 4.33. The third kappa shape index (κ3) is 2.33. The van der Waals surface area contributed by atoms with Gasteiger partial charge in [-0.25, -0.2) is 4.98 Å². The Morgan fingerprint density at radius 2 is 2.17 bits per heavy atom. The zero-order chi connectivity index (χ0) is 16.7. The minimum atomic E-state index is -0.173. The summed E-state index contributed by atoms with van der Waals surface area (Å²) in [5.41, 5.74) is 2.13. The molecule has 3 aromatic rings. The van der Waals surface area contributed by atoms with Crippen molar-refractivity contribution in [3.05, 3.63) is 36.8 Å². The standard InChI is InChI=1S/C17H18N4O3/c1-20(15-3-2-8-24-15)17-16(11-4-5-12(22)13(23)9-11)19-14-10-18-6-7-21(14)17/h4-7,9-10,15,22-23H,2-3,8H2,1H3. The topological polar surface area (TPSA) is 83.1 Å². The molecule has 0 saturated carbocycles. The average Bonchev–Trinajstić information content (AvgIpc) is 3.24. The van der Waals surface area contributed by atoms with Crippen LogP contribution in [0, 0.1) is 0 Å². The van der Waals surface area contributed by atoms with Crippen molar-refractivity contribution in [2.75, 3.05) is 18.6 Å². The first kappa shape index (κ1) is 14.8. The van der Waals surface area contributed by atoms with Crippen LogP contribution < -0.4 is 4.90 Å². The van der Waals surface area contributed by atoms with Crippen molar-refractivity contribution in [2.45, 2.75) is 19.1 Å². The predicted molar refractivity (Wildman–Crippen MR) is 89.1 cm³/mol. The highest BCUT2D eigenvalue weighted by Crippen LogP contribution is 2.37. The lowest BCUT2D eigenvalue weighted by molar-refractivity contribution is 0.111. The summed E-state index contributed by atoms with van der Waals surface area (Å²) in [4.78, 5) is 10.8. The van der Waals surface area contributed by atoms with Crippen molar-refractivity contribution in [3.8, 4) is 22.8 Å². The smallest absolute Gasteiger partial charge is 0.158 e. The lowest BCUT2D eigenvalue weighted by Gasteiger charge is -2.26. The van der Waals surface area contributed by atoms with Crippen molar-refractivity contribution in [2.24, 2.45) is 0 Å². The molecule has 4 rings (SSSR count). The Hall–Kier alpha value is -2.80. The van der Waals surface area contributed by atoms with E-state index in [9.17, 15) is 10.2 Å². The first-order valence-corrected chi connectivity index (χ1v) is 7.84. The molecule has 1 fully saturated rings. The number of rotatable bonds is 3. The van der Waals surface area contributed by atoms with Crippen molar-refractivity contribution in [3.63, 3.8) is 0 Å². The third-order valence-electron chi connectivity index (χ3n) is 4.33. The van der Waals surface area contributed by atoms with E-state index in [0.29, 0.717) is 16.9 Å². The molecule has 1 saturated heterocycles. The van der Waals surface area contributed by atoms with E-state index in [-0.39, 0.29) is 17.7 Å². The van der Waals surface area contributed by atoms with Crippen molar-refractivity contribution >= 4 is 11.5 Å². The molecule has 24 heavy (non-hydrogen) atoms. The fraction of sp³-hybridized carbons (Fsp3) is 0.294. The summed E-state index contributed by atoms with van der Waals surface area (Å²) in [5, 5.41) is 19.4. The summed E-state index contributed by atoms with van der Waals surface area (Å²) in [5.74, 6) is 0.538. The van der Waals surface area contributed by atoms with Gasteiger partial charge >= 0.3 is 0 Å². The van der Waals surface area contributed by atoms with Gasteiger partial charge in [-0.15, -0.1) is 0 Å². The largest absolute Gasteiger partial charge is 0.504 e. The van der Waals surface area contributed by atoms with Gasteiger partial charge in [-0.3, -0.25) is 9.38 Å². The number of aromatic nitrogens is 3. The van der Waals surface area contributed by atoms with Crippen LogP contribution >= 0.6 is 0 Å². The minimum absolute atomic E-state index is 0.0115. The van der Waals surface area contributed by atoms with Gasteiger partial charge < -0.3 is 19.8 Å². The number of imidazole rings is 1. The van der Waals surface area contributed by atoms with Crippen LogP contribution in [0.1, 0.15) is 12.8 Å². The molecule has 0 bridgehead atoms. The summed E-state index contributed by atoms with van der Waals surface area (Å²) >= 11 is 0. The summed E-state index contributed by atoms with van der Waals surface area (Å²) < 4.78 is 7.75. The van der Waals surface area contributed by atoms with Crippen LogP contribution in [0.15, 0.2) is 36.8 Å². The highest BCUT2D eigenvalue weighted by atomic mass is 16.5. The number of fused-ring (bicyclic) bond motifs is 1. The molecule has 1 aromatic carbocycles. The van der Waals surface area contributed by atoms with Gasteiger partial charge in [0.1, 0.15) is 17.7 Å². The molecule has 1 aliphatic heterocycles. The molecule has 7 nitrogen and oxygen atoms in total. The lowest BCUT2D eigenvalue weighted by Crippen LogP contribution is -2.32. The van der Waals surface area contributed by atoms with Crippen LogP contribution in [-0.4, -0.2) is 44.5 Å². The van der Waals surface area contributed by atoms with Crippen LogP contribution in [0.4, 0.5) is 5.82 Å². The van der Waals surface area contributed by atoms with Crippen LogP contribution in [0.3, 0.4) is 0 Å². The molecule has 0 aliphatic carbocycles. The Morgan fingerprint density at radius 1 is 1.29 bits per heavy atom. The average molecular weight is 326 g/mol. The predicted octanol–water partition coefficient (Wildman–Crippen LogP) is 2.38. The highest BCUT2D eigenvalue weighted by molar-refractivity contribution is 5.78. The van der Waals surface area contributed by atoms with E-state index in [2.05, 4.69) is 14.9 Å². The van der Waals surface area contributed by atoms with Gasteiger partial charge in [0.15, 0.2) is 17.1 Å². The van der Waals surface area contributed by atoms with Crippen molar-refractivity contribution in [1.82, 2.24) is 14.4 Å². The number of phenols is 2. The molecule has 1 aliphatic rings. The number of hydrogen-bond acceptors (Lipinski definition) is 6. The second-order valence-corrected chi connectivity index (χ2v) is 5.87. The fourth-order valence-electron chi connectivity index (χ4n) is 3.10. The van der Waals surface area contributed by atoms with E-state index < -0.39 is 0 Å². The Kier molecular flexibility index (Phi) is 3.50. The molecule has 2 N–H and O–H groups in total. The molecular formula is C17H18N4O3. The number of phenolic OH excluding ortho intramolecular Hbond substituents is 2. The molecule has 7 heteroatoms. The Morgan fingerprint density at radius 3 is 2.92 bits per heavy atom. The molecule has 124 valence electrons. The Labute approximate surface area is 138 Å². The summed E-state index contributed by atoms with van der Waals surface area (Å²) in [6.07, 6.45) is 7.23. The van der Waals surface area contributed by atoms with Gasteiger partial charge in [0.05, 0.1) is 6.20 Å². The maximum absolute atomic E-state index is 9.84.